The summed E-state index contributed by atoms with van der Waals surface area (Å²) in [5.74, 6) is -2.27. The van der Waals surface area contributed by atoms with Crippen LogP contribution in [0.4, 0.5) is 8.78 Å². The molecule has 1 aromatic carbocycles. The molecule has 1 fully saturated rings. The first kappa shape index (κ1) is 19.6. The standard InChI is InChI=1S/C16H22F2N2O4S/c1-11(10-24-14-4-3-12(17)9-13(14)18)20-15(21)16(25(2,22)23)5-7-19-8-6-16/h3-4,9,11,19H,5-8,10H2,1-2H3,(H,20,21). The molecule has 1 aromatic rings. The molecule has 0 radical (unpaired) electrons. The number of sulfone groups is 1. The molecular formula is C16H22F2N2O4S. The Bertz CT molecular complexity index is 734. The van der Waals surface area contributed by atoms with Crippen molar-refractivity contribution in [2.24, 2.45) is 0 Å². The molecule has 9 heteroatoms. The van der Waals surface area contributed by atoms with Crippen LogP contribution in [0.25, 0.3) is 0 Å². The summed E-state index contributed by atoms with van der Waals surface area (Å²) in [5.41, 5.74) is 0. The lowest BCUT2D eigenvalue weighted by Crippen LogP contribution is -2.59. The molecule has 0 aromatic heterocycles. The monoisotopic (exact) mass is 376 g/mol. The summed E-state index contributed by atoms with van der Waals surface area (Å²) in [6.07, 6.45) is 1.45. The van der Waals surface area contributed by atoms with Gasteiger partial charge in [0.05, 0.1) is 6.04 Å². The SMILES string of the molecule is CC(COc1ccc(F)cc1F)NC(=O)C1(S(C)(=O)=O)CCNCC1. The number of hydrogen-bond donors (Lipinski definition) is 2. The van der Waals surface area contributed by atoms with Crippen molar-refractivity contribution in [2.45, 2.75) is 30.6 Å². The molecular weight excluding hydrogens is 354 g/mol. The second-order valence-corrected chi connectivity index (χ2v) is 8.60. The van der Waals surface area contributed by atoms with Gasteiger partial charge in [0.25, 0.3) is 0 Å². The van der Waals surface area contributed by atoms with Crippen LogP contribution in [0, 0.1) is 11.6 Å². The van der Waals surface area contributed by atoms with Gasteiger partial charge in [-0.25, -0.2) is 17.2 Å². The zero-order valence-electron chi connectivity index (χ0n) is 14.1. The summed E-state index contributed by atoms with van der Waals surface area (Å²) in [5, 5.41) is 5.67. The first-order valence-corrected chi connectivity index (χ1v) is 9.84. The maximum atomic E-state index is 13.5. The molecule has 6 nitrogen and oxygen atoms in total. The molecule has 1 unspecified atom stereocenters. The summed E-state index contributed by atoms with van der Waals surface area (Å²) in [6.45, 7) is 2.42. The Balaban J connectivity index is 2.01. The summed E-state index contributed by atoms with van der Waals surface area (Å²) < 4.78 is 54.5. The third-order valence-corrected chi connectivity index (χ3v) is 6.31. The summed E-state index contributed by atoms with van der Waals surface area (Å²) >= 11 is 0. The van der Waals surface area contributed by atoms with Gasteiger partial charge in [0.2, 0.25) is 5.91 Å². The maximum Gasteiger partial charge on any atom is 0.241 e. The maximum absolute atomic E-state index is 13.5. The van der Waals surface area contributed by atoms with Gasteiger partial charge < -0.3 is 15.4 Å². The van der Waals surface area contributed by atoms with Crippen molar-refractivity contribution in [2.75, 3.05) is 26.0 Å². The van der Waals surface area contributed by atoms with Gasteiger partial charge in [-0.1, -0.05) is 0 Å². The van der Waals surface area contributed by atoms with Gasteiger partial charge in [-0.3, -0.25) is 4.79 Å². The Kier molecular flexibility index (Phi) is 5.99. The smallest absolute Gasteiger partial charge is 0.241 e. The number of benzene rings is 1. The highest BCUT2D eigenvalue weighted by molar-refractivity contribution is 7.92. The number of hydrogen-bond acceptors (Lipinski definition) is 5. The number of piperidine rings is 1. The molecule has 1 heterocycles. The Morgan fingerprint density at radius 3 is 2.56 bits per heavy atom. The van der Waals surface area contributed by atoms with Crippen LogP contribution in [0.3, 0.4) is 0 Å². The minimum atomic E-state index is -3.61. The lowest BCUT2D eigenvalue weighted by atomic mass is 9.95. The number of amides is 1. The Hall–Kier alpha value is -1.74. The predicted molar refractivity (Wildman–Crippen MR) is 89.1 cm³/mol. The number of nitrogens with one attached hydrogen (secondary N) is 2. The van der Waals surface area contributed by atoms with Gasteiger partial charge in [0, 0.05) is 12.3 Å². The number of halogens is 2. The minimum Gasteiger partial charge on any atom is -0.488 e. The molecule has 0 bridgehead atoms. The largest absolute Gasteiger partial charge is 0.488 e. The van der Waals surface area contributed by atoms with E-state index < -0.39 is 38.2 Å². The van der Waals surface area contributed by atoms with E-state index in [-0.39, 0.29) is 25.2 Å². The Morgan fingerprint density at radius 2 is 2.00 bits per heavy atom. The molecule has 140 valence electrons. The fraction of sp³-hybridized carbons (Fsp3) is 0.562. The van der Waals surface area contributed by atoms with Gasteiger partial charge in [0.1, 0.15) is 12.4 Å². The predicted octanol–water partition coefficient (Wildman–Crippen LogP) is 1.02. The number of carbonyl (C=O) groups is 1. The van der Waals surface area contributed by atoms with Gasteiger partial charge in [-0.05, 0) is 45.0 Å². The third kappa shape index (κ3) is 4.46. The van der Waals surface area contributed by atoms with Crippen molar-refractivity contribution in [1.82, 2.24) is 10.6 Å². The van der Waals surface area contributed by atoms with Gasteiger partial charge in [0.15, 0.2) is 26.2 Å². The molecule has 2 N–H and O–H groups in total. The zero-order chi connectivity index (χ0) is 18.7. The zero-order valence-corrected chi connectivity index (χ0v) is 15.0. The van der Waals surface area contributed by atoms with E-state index in [9.17, 15) is 22.0 Å². The van der Waals surface area contributed by atoms with Crippen molar-refractivity contribution in [3.8, 4) is 5.75 Å². The lowest BCUT2D eigenvalue weighted by molar-refractivity contribution is -0.125. The minimum absolute atomic E-state index is 0.0770. The van der Waals surface area contributed by atoms with Crippen LogP contribution in [-0.4, -0.2) is 51.1 Å². The highest BCUT2D eigenvalue weighted by atomic mass is 32.2. The van der Waals surface area contributed by atoms with Crippen LogP contribution in [-0.2, 0) is 14.6 Å². The van der Waals surface area contributed by atoms with E-state index >= 15 is 0 Å². The summed E-state index contributed by atoms with van der Waals surface area (Å²) in [7, 11) is -3.61. The highest BCUT2D eigenvalue weighted by Gasteiger charge is 2.48. The summed E-state index contributed by atoms with van der Waals surface area (Å²) in [6, 6.07) is 2.37. The van der Waals surface area contributed by atoms with Crippen molar-refractivity contribution in [3.63, 3.8) is 0 Å². The van der Waals surface area contributed by atoms with Gasteiger partial charge in [-0.2, -0.15) is 0 Å². The van der Waals surface area contributed by atoms with E-state index in [0.717, 1.165) is 18.4 Å². The molecule has 1 amide bonds. The average molecular weight is 376 g/mol. The first-order valence-electron chi connectivity index (χ1n) is 7.95. The van der Waals surface area contributed by atoms with E-state index in [4.69, 9.17) is 4.74 Å². The number of ether oxygens (including phenoxy) is 1. The normalized spacial score (nSPS) is 18.4. The van der Waals surface area contributed by atoms with E-state index in [1.807, 2.05) is 0 Å². The molecule has 1 aliphatic heterocycles. The Labute approximate surface area is 145 Å². The number of rotatable bonds is 6. The van der Waals surface area contributed by atoms with Crippen molar-refractivity contribution >= 4 is 15.7 Å². The molecule has 0 saturated carbocycles. The van der Waals surface area contributed by atoms with Crippen molar-refractivity contribution in [1.29, 1.82) is 0 Å². The topological polar surface area (TPSA) is 84.5 Å². The third-order valence-electron chi connectivity index (χ3n) is 4.30. The van der Waals surface area contributed by atoms with Crippen LogP contribution in [0.5, 0.6) is 5.75 Å². The van der Waals surface area contributed by atoms with E-state index in [0.29, 0.717) is 19.2 Å². The average Bonchev–Trinajstić information content (AvgIpc) is 2.53. The molecule has 1 aliphatic rings. The molecule has 2 rings (SSSR count). The van der Waals surface area contributed by atoms with Crippen LogP contribution in [0.15, 0.2) is 18.2 Å². The Morgan fingerprint density at radius 1 is 1.36 bits per heavy atom. The second kappa shape index (κ2) is 7.65. The fourth-order valence-electron chi connectivity index (χ4n) is 2.80. The number of carbonyl (C=O) groups excluding carboxylic acids is 1. The first-order chi connectivity index (χ1) is 11.7. The van der Waals surface area contributed by atoms with Crippen LogP contribution in [0.2, 0.25) is 0 Å². The van der Waals surface area contributed by atoms with Crippen LogP contribution < -0.4 is 15.4 Å². The van der Waals surface area contributed by atoms with Crippen LogP contribution in [0.1, 0.15) is 19.8 Å². The van der Waals surface area contributed by atoms with E-state index in [1.165, 1.54) is 0 Å². The fourth-order valence-corrected chi connectivity index (χ4v) is 4.14. The molecule has 1 atom stereocenters. The van der Waals surface area contributed by atoms with E-state index in [1.54, 1.807) is 6.92 Å². The molecule has 0 aliphatic carbocycles. The molecule has 1 saturated heterocycles. The van der Waals surface area contributed by atoms with Crippen molar-refractivity contribution in [3.05, 3.63) is 29.8 Å². The van der Waals surface area contributed by atoms with Gasteiger partial charge >= 0.3 is 0 Å². The van der Waals surface area contributed by atoms with Gasteiger partial charge in [-0.15, -0.1) is 0 Å². The molecule has 25 heavy (non-hydrogen) atoms. The van der Waals surface area contributed by atoms with Crippen molar-refractivity contribution < 1.29 is 26.7 Å². The molecule has 0 spiro atoms. The van der Waals surface area contributed by atoms with Crippen LogP contribution >= 0.6 is 0 Å². The summed E-state index contributed by atoms with van der Waals surface area (Å²) in [4.78, 5) is 12.6. The van der Waals surface area contributed by atoms with E-state index in [2.05, 4.69) is 10.6 Å². The quantitative estimate of drug-likeness (QED) is 0.774. The highest BCUT2D eigenvalue weighted by Crippen LogP contribution is 2.28. The second-order valence-electron chi connectivity index (χ2n) is 6.28. The lowest BCUT2D eigenvalue weighted by Gasteiger charge is -2.35.